The average molecular weight is 269 g/mol. The fraction of sp³-hybridized carbons (Fsp3) is 0.500. The molecule has 1 aromatic rings. The van der Waals surface area contributed by atoms with E-state index in [1.807, 2.05) is 0 Å². The van der Waals surface area contributed by atoms with Gasteiger partial charge in [-0.25, -0.2) is 4.98 Å². The third kappa shape index (κ3) is 5.23. The van der Waals surface area contributed by atoms with Crippen molar-refractivity contribution < 1.29 is 17.9 Å². The Morgan fingerprint density at radius 2 is 2.12 bits per heavy atom. The SMILES string of the molecule is CNCc1nc(OCCC(F)(F)F)ccc1Cl. The van der Waals surface area contributed by atoms with Crippen LogP contribution >= 0.6 is 11.6 Å². The predicted molar refractivity (Wildman–Crippen MR) is 58.2 cm³/mol. The lowest BCUT2D eigenvalue weighted by Gasteiger charge is -2.09. The molecule has 0 bridgehead atoms. The number of rotatable bonds is 5. The van der Waals surface area contributed by atoms with Gasteiger partial charge in [-0.2, -0.15) is 13.2 Å². The van der Waals surface area contributed by atoms with E-state index in [2.05, 4.69) is 10.3 Å². The molecule has 0 radical (unpaired) electrons. The molecular formula is C10H12ClF3N2O. The highest BCUT2D eigenvalue weighted by Gasteiger charge is 2.26. The van der Waals surface area contributed by atoms with Crippen LogP contribution in [0, 0.1) is 0 Å². The number of pyridine rings is 1. The van der Waals surface area contributed by atoms with Crippen molar-refractivity contribution in [2.75, 3.05) is 13.7 Å². The van der Waals surface area contributed by atoms with Crippen molar-refractivity contribution in [2.24, 2.45) is 0 Å². The van der Waals surface area contributed by atoms with Crippen molar-refractivity contribution in [3.8, 4) is 5.88 Å². The Kier molecular flexibility index (Phi) is 5.02. The summed E-state index contributed by atoms with van der Waals surface area (Å²) in [5.41, 5.74) is 0.540. The first-order valence-corrected chi connectivity index (χ1v) is 5.30. The Bertz CT molecular complexity index is 371. The second-order valence-electron chi connectivity index (χ2n) is 3.32. The molecule has 0 aliphatic carbocycles. The molecule has 0 amide bonds. The fourth-order valence-electron chi connectivity index (χ4n) is 1.11. The van der Waals surface area contributed by atoms with E-state index >= 15 is 0 Å². The summed E-state index contributed by atoms with van der Waals surface area (Å²) >= 11 is 5.84. The van der Waals surface area contributed by atoms with E-state index in [0.717, 1.165) is 0 Å². The highest BCUT2D eigenvalue weighted by molar-refractivity contribution is 6.31. The van der Waals surface area contributed by atoms with E-state index in [-0.39, 0.29) is 5.88 Å². The summed E-state index contributed by atoms with van der Waals surface area (Å²) in [6, 6.07) is 2.99. The molecule has 7 heteroatoms. The minimum atomic E-state index is -4.22. The number of hydrogen-bond acceptors (Lipinski definition) is 3. The van der Waals surface area contributed by atoms with Gasteiger partial charge in [0.1, 0.15) is 0 Å². The van der Waals surface area contributed by atoms with Crippen molar-refractivity contribution >= 4 is 11.6 Å². The van der Waals surface area contributed by atoms with E-state index in [1.165, 1.54) is 6.07 Å². The van der Waals surface area contributed by atoms with Gasteiger partial charge >= 0.3 is 6.18 Å². The van der Waals surface area contributed by atoms with Gasteiger partial charge < -0.3 is 10.1 Å². The zero-order valence-electron chi connectivity index (χ0n) is 9.14. The summed E-state index contributed by atoms with van der Waals surface area (Å²) < 4.78 is 40.6. The summed E-state index contributed by atoms with van der Waals surface area (Å²) in [5.74, 6) is 0.143. The molecular weight excluding hydrogens is 257 g/mol. The molecule has 1 aromatic heterocycles. The normalized spacial score (nSPS) is 11.6. The molecule has 1 N–H and O–H groups in total. The third-order valence-corrected chi connectivity index (χ3v) is 2.22. The molecule has 17 heavy (non-hydrogen) atoms. The van der Waals surface area contributed by atoms with Gasteiger partial charge in [0.2, 0.25) is 5.88 Å². The fourth-order valence-corrected chi connectivity index (χ4v) is 1.28. The van der Waals surface area contributed by atoms with Crippen LogP contribution in [-0.4, -0.2) is 24.8 Å². The Labute approximate surface area is 102 Å². The first-order chi connectivity index (χ1) is 7.92. The Hall–Kier alpha value is -1.01. The molecule has 3 nitrogen and oxygen atoms in total. The molecule has 0 aliphatic heterocycles. The number of ether oxygens (including phenoxy) is 1. The van der Waals surface area contributed by atoms with Gasteiger partial charge in [-0.3, -0.25) is 0 Å². The smallest absolute Gasteiger partial charge is 0.392 e. The minimum absolute atomic E-state index is 0.143. The van der Waals surface area contributed by atoms with Crippen molar-refractivity contribution in [1.29, 1.82) is 0 Å². The van der Waals surface area contributed by atoms with Gasteiger partial charge in [0.05, 0.1) is 23.7 Å². The highest BCUT2D eigenvalue weighted by Crippen LogP contribution is 2.21. The maximum atomic E-state index is 11.9. The standard InChI is InChI=1S/C10H12ClF3N2O/c1-15-6-8-7(11)2-3-9(16-8)17-5-4-10(12,13)14/h2-3,15H,4-6H2,1H3. The Balaban J connectivity index is 2.57. The molecule has 1 rings (SSSR count). The molecule has 1 heterocycles. The number of nitrogens with zero attached hydrogens (tertiary/aromatic N) is 1. The summed E-state index contributed by atoms with van der Waals surface area (Å²) in [6.07, 6.45) is -5.22. The monoisotopic (exact) mass is 268 g/mol. The van der Waals surface area contributed by atoms with Gasteiger partial charge in [0.15, 0.2) is 0 Å². The minimum Gasteiger partial charge on any atom is -0.477 e. The lowest BCUT2D eigenvalue weighted by Crippen LogP contribution is -2.14. The molecule has 0 unspecified atom stereocenters. The van der Waals surface area contributed by atoms with Crippen molar-refractivity contribution in [2.45, 2.75) is 19.1 Å². The molecule has 0 fully saturated rings. The van der Waals surface area contributed by atoms with Crippen molar-refractivity contribution in [3.63, 3.8) is 0 Å². The summed E-state index contributed by atoms with van der Waals surface area (Å²) in [7, 11) is 1.72. The second-order valence-corrected chi connectivity index (χ2v) is 3.73. The molecule has 96 valence electrons. The summed E-state index contributed by atoms with van der Waals surface area (Å²) in [6.45, 7) is -0.0214. The first-order valence-electron chi connectivity index (χ1n) is 4.92. The molecule has 0 atom stereocenters. The van der Waals surface area contributed by atoms with Crippen LogP contribution in [0.1, 0.15) is 12.1 Å². The second kappa shape index (κ2) is 6.07. The van der Waals surface area contributed by atoms with Gasteiger partial charge in [-0.05, 0) is 13.1 Å². The number of aromatic nitrogens is 1. The Morgan fingerprint density at radius 1 is 1.41 bits per heavy atom. The number of alkyl halides is 3. The quantitative estimate of drug-likeness (QED) is 0.892. The van der Waals surface area contributed by atoms with Crippen molar-refractivity contribution in [1.82, 2.24) is 10.3 Å². The average Bonchev–Trinajstić information content (AvgIpc) is 2.21. The largest absolute Gasteiger partial charge is 0.477 e. The van der Waals surface area contributed by atoms with Gasteiger partial charge in [-0.15, -0.1) is 0 Å². The molecule has 0 spiro atoms. The maximum Gasteiger partial charge on any atom is 0.392 e. The number of hydrogen-bond donors (Lipinski definition) is 1. The van der Waals surface area contributed by atoms with Gasteiger partial charge in [0, 0.05) is 12.6 Å². The Morgan fingerprint density at radius 3 is 2.71 bits per heavy atom. The molecule has 0 aromatic carbocycles. The van der Waals surface area contributed by atoms with E-state index in [1.54, 1.807) is 13.1 Å². The lowest BCUT2D eigenvalue weighted by molar-refractivity contribution is -0.139. The lowest BCUT2D eigenvalue weighted by atomic mass is 10.3. The van der Waals surface area contributed by atoms with E-state index in [0.29, 0.717) is 17.3 Å². The van der Waals surface area contributed by atoms with Crippen LogP contribution in [-0.2, 0) is 6.54 Å². The zero-order chi connectivity index (χ0) is 12.9. The van der Waals surface area contributed by atoms with Gasteiger partial charge in [-0.1, -0.05) is 11.6 Å². The van der Waals surface area contributed by atoms with Crippen LogP contribution in [0.25, 0.3) is 0 Å². The van der Waals surface area contributed by atoms with Crippen LogP contribution in [0.15, 0.2) is 12.1 Å². The van der Waals surface area contributed by atoms with Crippen molar-refractivity contribution in [3.05, 3.63) is 22.8 Å². The van der Waals surface area contributed by atoms with Crippen LogP contribution in [0.2, 0.25) is 5.02 Å². The highest BCUT2D eigenvalue weighted by atomic mass is 35.5. The topological polar surface area (TPSA) is 34.2 Å². The van der Waals surface area contributed by atoms with Gasteiger partial charge in [0.25, 0.3) is 0 Å². The van der Waals surface area contributed by atoms with E-state index in [4.69, 9.17) is 16.3 Å². The van der Waals surface area contributed by atoms with Crippen LogP contribution in [0.5, 0.6) is 5.88 Å². The third-order valence-electron chi connectivity index (χ3n) is 1.87. The van der Waals surface area contributed by atoms with E-state index in [9.17, 15) is 13.2 Å². The molecule has 0 aliphatic rings. The van der Waals surface area contributed by atoms with Crippen LogP contribution < -0.4 is 10.1 Å². The van der Waals surface area contributed by atoms with Crippen LogP contribution in [0.3, 0.4) is 0 Å². The summed E-state index contributed by atoms with van der Waals surface area (Å²) in [4.78, 5) is 4.00. The summed E-state index contributed by atoms with van der Waals surface area (Å²) in [5, 5.41) is 3.30. The zero-order valence-corrected chi connectivity index (χ0v) is 9.90. The molecule has 0 saturated carbocycles. The first kappa shape index (κ1) is 14.1. The molecule has 0 saturated heterocycles. The number of halogens is 4. The van der Waals surface area contributed by atoms with E-state index < -0.39 is 19.2 Å². The maximum absolute atomic E-state index is 11.9. The number of nitrogens with one attached hydrogen (secondary N) is 1. The van der Waals surface area contributed by atoms with Crippen LogP contribution in [0.4, 0.5) is 13.2 Å². The predicted octanol–water partition coefficient (Wildman–Crippen LogP) is 2.79.